The maximum atomic E-state index is 13.2. The first-order valence-electron chi connectivity index (χ1n) is 11.4. The van der Waals surface area contributed by atoms with Gasteiger partial charge in [0.05, 0.1) is 18.0 Å². The summed E-state index contributed by atoms with van der Waals surface area (Å²) in [4.78, 5) is 42.3. The van der Waals surface area contributed by atoms with E-state index in [0.717, 1.165) is 11.1 Å². The van der Waals surface area contributed by atoms with Gasteiger partial charge in [0, 0.05) is 13.0 Å². The molecule has 0 aliphatic rings. The van der Waals surface area contributed by atoms with Gasteiger partial charge in [0.15, 0.2) is 11.7 Å². The molecule has 9 nitrogen and oxygen atoms in total. The Morgan fingerprint density at radius 3 is 1.91 bits per heavy atom. The summed E-state index contributed by atoms with van der Waals surface area (Å²) in [6.07, 6.45) is 1.31. The van der Waals surface area contributed by atoms with Crippen molar-refractivity contribution in [2.24, 2.45) is 22.2 Å². The number of ketones is 1. The van der Waals surface area contributed by atoms with Crippen LogP contribution in [-0.4, -0.2) is 54.1 Å². The largest absolute Gasteiger partial charge is 0.370 e. The summed E-state index contributed by atoms with van der Waals surface area (Å²) in [5.74, 6) is -1.61. The predicted octanol–water partition coefficient (Wildman–Crippen LogP) is 0.630. The highest BCUT2D eigenvalue weighted by Crippen LogP contribution is 2.08. The molecule has 3 atom stereocenters. The third-order valence-electron chi connectivity index (χ3n) is 5.33. The van der Waals surface area contributed by atoms with Crippen molar-refractivity contribution in [2.45, 2.75) is 43.8 Å². The Morgan fingerprint density at radius 2 is 1.37 bits per heavy atom. The van der Waals surface area contributed by atoms with Gasteiger partial charge in [-0.25, -0.2) is 0 Å². The number of nitrogens with zero attached hydrogens (tertiary/aromatic N) is 1. The minimum atomic E-state index is -0.935. The van der Waals surface area contributed by atoms with Crippen LogP contribution in [0.1, 0.15) is 24.0 Å². The van der Waals surface area contributed by atoms with E-state index in [9.17, 15) is 14.4 Å². The van der Waals surface area contributed by atoms with Gasteiger partial charge in [0.2, 0.25) is 11.8 Å². The van der Waals surface area contributed by atoms with Gasteiger partial charge < -0.3 is 27.8 Å². The summed E-state index contributed by atoms with van der Waals surface area (Å²) in [6.45, 7) is 0.308. The van der Waals surface area contributed by atoms with E-state index in [1.807, 2.05) is 60.7 Å². The van der Waals surface area contributed by atoms with Crippen LogP contribution in [0.25, 0.3) is 0 Å². The zero-order valence-corrected chi connectivity index (χ0v) is 20.3. The lowest BCUT2D eigenvalue weighted by atomic mass is 10.0. The molecule has 35 heavy (non-hydrogen) atoms. The number of halogens is 1. The topological polar surface area (TPSA) is 166 Å². The van der Waals surface area contributed by atoms with Crippen molar-refractivity contribution in [3.63, 3.8) is 0 Å². The molecular weight excluding hydrogens is 468 g/mol. The number of hydrogen-bond donors (Lipinski definition) is 5. The number of hydrogen-bond acceptors (Lipinski definition) is 5. The quantitative estimate of drug-likeness (QED) is 0.110. The van der Waals surface area contributed by atoms with Crippen molar-refractivity contribution >= 4 is 35.2 Å². The lowest BCUT2D eigenvalue weighted by Gasteiger charge is -2.24. The molecule has 0 unspecified atom stereocenters. The Kier molecular flexibility index (Phi) is 11.7. The van der Waals surface area contributed by atoms with Crippen LogP contribution in [-0.2, 0) is 27.2 Å². The third kappa shape index (κ3) is 10.2. The molecule has 0 spiro atoms. The molecule has 2 rings (SSSR count). The van der Waals surface area contributed by atoms with Crippen LogP contribution in [0.4, 0.5) is 0 Å². The highest BCUT2D eigenvalue weighted by molar-refractivity contribution is 6.28. The zero-order valence-electron chi connectivity index (χ0n) is 19.5. The summed E-state index contributed by atoms with van der Waals surface area (Å²) in [5, 5.41) is 5.49. The molecular formula is C25H33ClN6O3. The first-order chi connectivity index (χ1) is 16.8. The van der Waals surface area contributed by atoms with E-state index < -0.39 is 29.9 Å². The van der Waals surface area contributed by atoms with E-state index >= 15 is 0 Å². The van der Waals surface area contributed by atoms with E-state index in [1.54, 1.807) is 0 Å². The normalized spacial score (nSPS) is 13.2. The predicted molar refractivity (Wildman–Crippen MR) is 138 cm³/mol. The highest BCUT2D eigenvalue weighted by Gasteiger charge is 2.28. The second kappa shape index (κ2) is 14.7. The van der Waals surface area contributed by atoms with Crippen molar-refractivity contribution in [1.82, 2.24) is 10.6 Å². The van der Waals surface area contributed by atoms with Gasteiger partial charge in [-0.1, -0.05) is 60.7 Å². The average molecular weight is 501 g/mol. The smallest absolute Gasteiger partial charge is 0.243 e. The molecule has 0 aliphatic carbocycles. The lowest BCUT2D eigenvalue weighted by molar-refractivity contribution is -0.131. The summed E-state index contributed by atoms with van der Waals surface area (Å²) >= 11 is 5.75. The molecule has 2 aromatic carbocycles. The first-order valence-corrected chi connectivity index (χ1v) is 11.9. The number of guanidine groups is 1. The minimum Gasteiger partial charge on any atom is -0.370 e. The zero-order chi connectivity index (χ0) is 25.6. The van der Waals surface area contributed by atoms with E-state index in [-0.39, 0.29) is 24.0 Å². The molecule has 10 heteroatoms. The Morgan fingerprint density at radius 1 is 0.829 bits per heavy atom. The molecule has 0 heterocycles. The van der Waals surface area contributed by atoms with Crippen LogP contribution < -0.4 is 27.8 Å². The molecule has 0 aliphatic heterocycles. The number of Topliss-reactive ketones (excluding diaryl/α,β-unsaturated/α-hetero) is 1. The fourth-order valence-electron chi connectivity index (χ4n) is 3.48. The van der Waals surface area contributed by atoms with Crippen LogP contribution in [0, 0.1) is 0 Å². The molecule has 0 fully saturated rings. The fourth-order valence-corrected chi connectivity index (χ4v) is 3.67. The molecule has 2 aromatic rings. The van der Waals surface area contributed by atoms with E-state index in [4.69, 9.17) is 28.8 Å². The standard InChI is InChI=1S/C25H33ClN6O3/c26-16-22(33)20(12-7-13-30-25(28)29)31-24(35)21(15-18-10-5-2-6-11-18)32-23(34)19(27)14-17-8-3-1-4-9-17/h1-6,8-11,19-21H,7,12-16,27H2,(H,31,35)(H,32,34)(H4,28,29,30)/t19-,20+,21-/m1/s1. The van der Waals surface area contributed by atoms with Crippen LogP contribution in [0.2, 0.25) is 0 Å². The Balaban J connectivity index is 2.11. The van der Waals surface area contributed by atoms with Crippen molar-refractivity contribution in [1.29, 1.82) is 0 Å². The molecule has 0 saturated heterocycles. The lowest BCUT2D eigenvalue weighted by Crippen LogP contribution is -2.55. The second-order valence-electron chi connectivity index (χ2n) is 8.16. The van der Waals surface area contributed by atoms with Crippen molar-refractivity contribution in [3.8, 4) is 0 Å². The Labute approximate surface area is 210 Å². The van der Waals surface area contributed by atoms with Gasteiger partial charge in [0.1, 0.15) is 6.04 Å². The van der Waals surface area contributed by atoms with Gasteiger partial charge in [-0.05, 0) is 30.4 Å². The molecule has 0 saturated carbocycles. The first kappa shape index (κ1) is 27.8. The molecule has 188 valence electrons. The second-order valence-corrected chi connectivity index (χ2v) is 8.42. The fraction of sp³-hybridized carbons (Fsp3) is 0.360. The van der Waals surface area contributed by atoms with Crippen molar-refractivity contribution < 1.29 is 14.4 Å². The SMILES string of the molecule is NC(N)=NCCC[C@H](NC(=O)[C@@H](Cc1ccccc1)NC(=O)[C@H](N)Cc1ccccc1)C(=O)CCl. The summed E-state index contributed by atoms with van der Waals surface area (Å²) in [5.41, 5.74) is 18.5. The molecule has 0 radical (unpaired) electrons. The van der Waals surface area contributed by atoms with E-state index in [1.165, 1.54) is 0 Å². The molecule has 8 N–H and O–H groups in total. The van der Waals surface area contributed by atoms with Crippen molar-refractivity contribution in [2.75, 3.05) is 12.4 Å². The van der Waals surface area contributed by atoms with Crippen LogP contribution in [0.5, 0.6) is 0 Å². The average Bonchev–Trinajstić information content (AvgIpc) is 2.85. The van der Waals surface area contributed by atoms with Gasteiger partial charge >= 0.3 is 0 Å². The number of benzene rings is 2. The number of nitrogens with two attached hydrogens (primary N) is 3. The maximum Gasteiger partial charge on any atom is 0.243 e. The number of carbonyl (C=O) groups is 3. The molecule has 2 amide bonds. The van der Waals surface area contributed by atoms with Gasteiger partial charge in [-0.3, -0.25) is 19.4 Å². The van der Waals surface area contributed by atoms with Gasteiger partial charge in [-0.15, -0.1) is 11.6 Å². The van der Waals surface area contributed by atoms with E-state index in [2.05, 4.69) is 15.6 Å². The van der Waals surface area contributed by atoms with Crippen LogP contribution in [0.3, 0.4) is 0 Å². The Hall–Kier alpha value is -3.43. The van der Waals surface area contributed by atoms with Crippen LogP contribution in [0.15, 0.2) is 65.7 Å². The number of aliphatic imine (C=N–C) groups is 1. The molecule has 0 bridgehead atoms. The number of nitrogens with one attached hydrogen (secondary N) is 2. The Bertz CT molecular complexity index is 983. The summed E-state index contributed by atoms with van der Waals surface area (Å²) in [6, 6.07) is 16.0. The molecule has 0 aromatic heterocycles. The third-order valence-corrected chi connectivity index (χ3v) is 5.60. The van der Waals surface area contributed by atoms with Gasteiger partial charge in [0.25, 0.3) is 0 Å². The number of rotatable bonds is 14. The highest BCUT2D eigenvalue weighted by atomic mass is 35.5. The maximum absolute atomic E-state index is 13.2. The number of amides is 2. The van der Waals surface area contributed by atoms with Gasteiger partial charge in [-0.2, -0.15) is 0 Å². The summed E-state index contributed by atoms with van der Waals surface area (Å²) < 4.78 is 0. The van der Waals surface area contributed by atoms with E-state index in [0.29, 0.717) is 25.8 Å². The summed E-state index contributed by atoms with van der Waals surface area (Å²) in [7, 11) is 0. The number of alkyl halides is 1. The minimum absolute atomic E-state index is 0.0493. The monoisotopic (exact) mass is 500 g/mol. The van der Waals surface area contributed by atoms with Crippen molar-refractivity contribution in [3.05, 3.63) is 71.8 Å². The van der Waals surface area contributed by atoms with Crippen LogP contribution >= 0.6 is 11.6 Å². The number of carbonyl (C=O) groups excluding carboxylic acids is 3.